The predicted molar refractivity (Wildman–Crippen MR) is 68.4 cm³/mol. The second-order valence-corrected chi connectivity index (χ2v) is 5.80. The van der Waals surface area contributed by atoms with Crippen LogP contribution in [0.2, 0.25) is 0 Å². The maximum Gasteiger partial charge on any atom is 0.0298 e. The number of nitrogens with two attached hydrogens (primary N) is 1. The van der Waals surface area contributed by atoms with Crippen LogP contribution in [0.1, 0.15) is 25.1 Å². The van der Waals surface area contributed by atoms with Crippen LogP contribution in [0, 0.1) is 0 Å². The molecule has 2 N–H and O–H groups in total. The van der Waals surface area contributed by atoms with Gasteiger partial charge in [-0.1, -0.05) is 6.07 Å². The minimum absolute atomic E-state index is 0.0667. The summed E-state index contributed by atoms with van der Waals surface area (Å²) in [6, 6.07) is 4.50. The molecule has 15 heavy (non-hydrogen) atoms. The fourth-order valence-corrected chi connectivity index (χ4v) is 2.16. The highest BCUT2D eigenvalue weighted by Crippen LogP contribution is 2.19. The average molecular weight is 226 g/mol. The van der Waals surface area contributed by atoms with Gasteiger partial charge in [-0.3, -0.25) is 0 Å². The van der Waals surface area contributed by atoms with Crippen LogP contribution >= 0.6 is 11.3 Å². The van der Waals surface area contributed by atoms with Gasteiger partial charge in [0.25, 0.3) is 0 Å². The molecule has 1 rings (SSSR count). The van der Waals surface area contributed by atoms with E-state index in [1.54, 1.807) is 0 Å². The zero-order valence-corrected chi connectivity index (χ0v) is 11.0. The largest absolute Gasteiger partial charge is 0.326 e. The van der Waals surface area contributed by atoms with E-state index in [0.717, 1.165) is 12.8 Å². The van der Waals surface area contributed by atoms with E-state index in [1.165, 1.54) is 4.88 Å². The van der Waals surface area contributed by atoms with Crippen molar-refractivity contribution in [2.24, 2.45) is 5.73 Å². The monoisotopic (exact) mass is 226 g/mol. The molecule has 0 aliphatic rings. The third-order valence-electron chi connectivity index (χ3n) is 3.34. The Bertz CT molecular complexity index is 278. The Hall–Kier alpha value is -0.380. The minimum atomic E-state index is 0.0667. The summed E-state index contributed by atoms with van der Waals surface area (Å²) in [5, 5.41) is 2.12. The lowest BCUT2D eigenvalue weighted by Gasteiger charge is -2.38. The molecule has 0 amide bonds. The van der Waals surface area contributed by atoms with E-state index in [4.69, 9.17) is 5.73 Å². The molecule has 0 aromatic carbocycles. The fourth-order valence-electron chi connectivity index (χ4n) is 1.44. The maximum atomic E-state index is 6.23. The summed E-state index contributed by atoms with van der Waals surface area (Å²) in [5.41, 5.74) is 6.30. The van der Waals surface area contributed by atoms with Crippen LogP contribution in [0.5, 0.6) is 0 Å². The molecule has 1 aromatic heterocycles. The van der Waals surface area contributed by atoms with E-state index in [-0.39, 0.29) is 11.6 Å². The van der Waals surface area contributed by atoms with Gasteiger partial charge in [-0.15, -0.1) is 11.3 Å². The van der Waals surface area contributed by atoms with Crippen molar-refractivity contribution in [1.82, 2.24) is 4.90 Å². The molecule has 3 heteroatoms. The lowest BCUT2D eigenvalue weighted by atomic mass is 9.90. The van der Waals surface area contributed by atoms with Crippen LogP contribution in [0.4, 0.5) is 0 Å². The Kier molecular flexibility index (Phi) is 4.32. The van der Waals surface area contributed by atoms with E-state index in [1.807, 2.05) is 11.3 Å². The van der Waals surface area contributed by atoms with Crippen LogP contribution in [0.3, 0.4) is 0 Å². The summed E-state index contributed by atoms with van der Waals surface area (Å²) in [5.74, 6) is 0. The average Bonchev–Trinajstić information content (AvgIpc) is 2.66. The summed E-state index contributed by atoms with van der Waals surface area (Å²) in [6.07, 6.45) is 2.14. The first kappa shape index (κ1) is 12.7. The number of nitrogens with zero attached hydrogens (tertiary/aromatic N) is 1. The first-order chi connectivity index (χ1) is 6.94. The van der Waals surface area contributed by atoms with E-state index < -0.39 is 0 Å². The summed E-state index contributed by atoms with van der Waals surface area (Å²) in [6.45, 7) is 4.40. The normalized spacial score (nSPS) is 14.5. The molecule has 86 valence electrons. The van der Waals surface area contributed by atoms with Gasteiger partial charge in [0.05, 0.1) is 0 Å². The highest BCUT2D eigenvalue weighted by Gasteiger charge is 2.28. The number of rotatable bonds is 5. The molecule has 1 aromatic rings. The standard InChI is InChI=1S/C12H22N2S/c1-12(2,14(3)4)11(13)8-7-10-6-5-9-15-10/h5-6,9,11H,7-8,13H2,1-4H3. The maximum absolute atomic E-state index is 6.23. The molecule has 0 saturated carbocycles. The molecule has 0 bridgehead atoms. The van der Waals surface area contributed by atoms with Gasteiger partial charge in [0.2, 0.25) is 0 Å². The predicted octanol–water partition coefficient (Wildman–Crippen LogP) is 2.35. The van der Waals surface area contributed by atoms with Crippen molar-refractivity contribution in [3.63, 3.8) is 0 Å². The van der Waals surface area contributed by atoms with Crippen LogP contribution in [0.25, 0.3) is 0 Å². The molecule has 0 saturated heterocycles. The number of thiophene rings is 1. The fraction of sp³-hybridized carbons (Fsp3) is 0.667. The van der Waals surface area contributed by atoms with Crippen molar-refractivity contribution in [3.8, 4) is 0 Å². The Labute approximate surface area is 97.1 Å². The molecule has 0 fully saturated rings. The minimum Gasteiger partial charge on any atom is -0.326 e. The Morgan fingerprint density at radius 1 is 1.47 bits per heavy atom. The summed E-state index contributed by atoms with van der Waals surface area (Å²) in [4.78, 5) is 3.63. The van der Waals surface area contributed by atoms with Crippen LogP contribution < -0.4 is 5.73 Å². The first-order valence-corrected chi connectivity index (χ1v) is 6.28. The van der Waals surface area contributed by atoms with Crippen molar-refractivity contribution in [1.29, 1.82) is 0 Å². The summed E-state index contributed by atoms with van der Waals surface area (Å²) in [7, 11) is 4.18. The summed E-state index contributed by atoms with van der Waals surface area (Å²) < 4.78 is 0. The number of hydrogen-bond acceptors (Lipinski definition) is 3. The second kappa shape index (κ2) is 5.10. The van der Waals surface area contributed by atoms with Crippen molar-refractivity contribution in [2.75, 3.05) is 14.1 Å². The zero-order chi connectivity index (χ0) is 11.5. The van der Waals surface area contributed by atoms with Crippen molar-refractivity contribution in [2.45, 2.75) is 38.3 Å². The van der Waals surface area contributed by atoms with Crippen molar-refractivity contribution >= 4 is 11.3 Å². The lowest BCUT2D eigenvalue weighted by molar-refractivity contribution is 0.153. The van der Waals surface area contributed by atoms with Gasteiger partial charge in [-0.2, -0.15) is 0 Å². The molecule has 1 atom stereocenters. The van der Waals surface area contributed by atoms with Gasteiger partial charge in [-0.25, -0.2) is 0 Å². The molecule has 0 aliphatic heterocycles. The van der Waals surface area contributed by atoms with Crippen molar-refractivity contribution in [3.05, 3.63) is 22.4 Å². The van der Waals surface area contributed by atoms with Gasteiger partial charge >= 0.3 is 0 Å². The molecule has 1 heterocycles. The highest BCUT2D eigenvalue weighted by atomic mass is 32.1. The van der Waals surface area contributed by atoms with Crippen LogP contribution in [0.15, 0.2) is 17.5 Å². The molecular formula is C12H22N2S. The smallest absolute Gasteiger partial charge is 0.0298 e. The SMILES string of the molecule is CN(C)C(C)(C)C(N)CCc1cccs1. The van der Waals surface area contributed by atoms with E-state index in [9.17, 15) is 0 Å². The topological polar surface area (TPSA) is 29.3 Å². The quantitative estimate of drug-likeness (QED) is 0.835. The Morgan fingerprint density at radius 3 is 2.60 bits per heavy atom. The van der Waals surface area contributed by atoms with Gasteiger partial charge in [-0.05, 0) is 52.2 Å². The van der Waals surface area contributed by atoms with E-state index >= 15 is 0 Å². The van der Waals surface area contributed by atoms with E-state index in [0.29, 0.717) is 0 Å². The molecule has 0 radical (unpaired) electrons. The van der Waals surface area contributed by atoms with Gasteiger partial charge in [0.15, 0.2) is 0 Å². The number of aryl methyl sites for hydroxylation is 1. The first-order valence-electron chi connectivity index (χ1n) is 5.40. The van der Waals surface area contributed by atoms with Crippen LogP contribution in [-0.2, 0) is 6.42 Å². The highest BCUT2D eigenvalue weighted by molar-refractivity contribution is 7.09. The molecule has 1 unspecified atom stereocenters. The van der Waals surface area contributed by atoms with Crippen molar-refractivity contribution < 1.29 is 0 Å². The van der Waals surface area contributed by atoms with Gasteiger partial charge < -0.3 is 10.6 Å². The summed E-state index contributed by atoms with van der Waals surface area (Å²) >= 11 is 1.81. The third kappa shape index (κ3) is 3.30. The van der Waals surface area contributed by atoms with Gasteiger partial charge in [0, 0.05) is 16.5 Å². The molecular weight excluding hydrogens is 204 g/mol. The third-order valence-corrected chi connectivity index (χ3v) is 4.28. The second-order valence-electron chi connectivity index (χ2n) is 4.77. The number of hydrogen-bond donors (Lipinski definition) is 1. The molecule has 0 spiro atoms. The molecule has 2 nitrogen and oxygen atoms in total. The van der Waals surface area contributed by atoms with Crippen LogP contribution in [-0.4, -0.2) is 30.6 Å². The van der Waals surface area contributed by atoms with E-state index in [2.05, 4.69) is 50.4 Å². The zero-order valence-electron chi connectivity index (χ0n) is 10.2. The lowest BCUT2D eigenvalue weighted by Crippen LogP contribution is -2.53. The number of likely N-dealkylation sites (N-methyl/N-ethyl adjacent to an activating group) is 1. The Balaban J connectivity index is 2.45. The van der Waals surface area contributed by atoms with Gasteiger partial charge in [0.1, 0.15) is 0 Å². The molecule has 0 aliphatic carbocycles. The Morgan fingerprint density at radius 2 is 2.13 bits per heavy atom.